The van der Waals surface area contributed by atoms with E-state index in [2.05, 4.69) is 5.92 Å². The topological polar surface area (TPSA) is 22.0 Å². The van der Waals surface area contributed by atoms with E-state index < -0.39 is 0 Å². The van der Waals surface area contributed by atoms with E-state index in [-0.39, 0.29) is 11.1 Å². The van der Waals surface area contributed by atoms with E-state index in [9.17, 15) is 4.79 Å². The highest BCUT2D eigenvalue weighted by Crippen LogP contribution is 2.16. The molecular weight excluding hydrogens is 234 g/mol. The predicted molar refractivity (Wildman–Crippen MR) is 69.7 cm³/mol. The molecule has 2 aromatic rings. The Morgan fingerprint density at radius 1 is 1.29 bits per heavy atom. The van der Waals surface area contributed by atoms with Crippen LogP contribution in [0.3, 0.4) is 0 Å². The molecule has 2 nitrogen and oxygen atoms in total. The van der Waals surface area contributed by atoms with Crippen molar-refractivity contribution in [2.45, 2.75) is 6.92 Å². The normalized spacial score (nSPS) is 9.94. The Balaban J connectivity index is 2.81. The Labute approximate surface area is 104 Å². The first-order valence-electron chi connectivity index (χ1n) is 5.09. The van der Waals surface area contributed by atoms with Crippen molar-refractivity contribution in [3.63, 3.8) is 0 Å². The van der Waals surface area contributed by atoms with Crippen molar-refractivity contribution in [1.29, 1.82) is 0 Å². The molecule has 0 atom stereocenters. The van der Waals surface area contributed by atoms with Crippen molar-refractivity contribution in [2.24, 2.45) is 0 Å². The van der Waals surface area contributed by atoms with Crippen LogP contribution >= 0.6 is 11.6 Å². The highest BCUT2D eigenvalue weighted by atomic mass is 35.5. The highest BCUT2D eigenvalue weighted by Gasteiger charge is 2.10. The minimum atomic E-state index is -0.260. The maximum atomic E-state index is 12.2. The number of para-hydroxylation sites is 1. The van der Waals surface area contributed by atoms with Gasteiger partial charge in [0.2, 0.25) is 0 Å². The number of aryl methyl sites for hydroxylation is 1. The summed E-state index contributed by atoms with van der Waals surface area (Å²) in [5.74, 6) is 2.34. The van der Waals surface area contributed by atoms with Crippen molar-refractivity contribution in [1.82, 2.24) is 4.57 Å². The lowest BCUT2D eigenvalue weighted by molar-refractivity contribution is 0.930. The van der Waals surface area contributed by atoms with Crippen LogP contribution in [-0.4, -0.2) is 4.57 Å². The molecule has 1 aromatic carbocycles. The zero-order valence-electron chi connectivity index (χ0n) is 9.27. The van der Waals surface area contributed by atoms with Crippen LogP contribution in [0, 0.1) is 19.3 Å². The molecular formula is C14H10ClNO. The van der Waals surface area contributed by atoms with Gasteiger partial charge in [-0.15, -0.1) is 6.42 Å². The molecule has 0 N–H and O–H groups in total. The lowest BCUT2D eigenvalue weighted by atomic mass is 10.2. The van der Waals surface area contributed by atoms with Gasteiger partial charge in [0.1, 0.15) is 5.56 Å². The number of benzene rings is 1. The van der Waals surface area contributed by atoms with Gasteiger partial charge in [0.05, 0.1) is 5.02 Å². The number of nitrogens with zero attached hydrogens (tertiary/aromatic N) is 1. The molecule has 0 aliphatic rings. The monoisotopic (exact) mass is 243 g/mol. The number of pyridine rings is 1. The Kier molecular flexibility index (Phi) is 3.03. The molecule has 0 amide bonds. The Morgan fingerprint density at radius 2 is 1.94 bits per heavy atom. The van der Waals surface area contributed by atoms with Gasteiger partial charge in [-0.3, -0.25) is 9.36 Å². The number of hydrogen-bond acceptors (Lipinski definition) is 1. The van der Waals surface area contributed by atoms with Crippen LogP contribution in [0.4, 0.5) is 0 Å². The fourth-order valence-corrected chi connectivity index (χ4v) is 2.02. The van der Waals surface area contributed by atoms with Crippen molar-refractivity contribution in [3.05, 3.63) is 63.0 Å². The largest absolute Gasteiger partial charge is 0.280 e. The van der Waals surface area contributed by atoms with Crippen LogP contribution in [0.25, 0.3) is 5.69 Å². The summed E-state index contributed by atoms with van der Waals surface area (Å²) in [7, 11) is 0. The summed E-state index contributed by atoms with van der Waals surface area (Å²) in [5.41, 5.74) is 1.47. The van der Waals surface area contributed by atoms with Crippen LogP contribution in [0.15, 0.2) is 41.2 Å². The van der Waals surface area contributed by atoms with E-state index in [1.165, 1.54) is 0 Å². The number of hydrogen-bond donors (Lipinski definition) is 0. The quantitative estimate of drug-likeness (QED) is 0.706. The molecule has 0 spiro atoms. The van der Waals surface area contributed by atoms with E-state index in [1.54, 1.807) is 10.6 Å². The minimum Gasteiger partial charge on any atom is -0.280 e. The summed E-state index contributed by atoms with van der Waals surface area (Å²) >= 11 is 5.94. The molecule has 0 saturated heterocycles. The van der Waals surface area contributed by atoms with Gasteiger partial charge < -0.3 is 0 Å². The zero-order chi connectivity index (χ0) is 12.4. The molecule has 0 saturated carbocycles. The summed E-state index contributed by atoms with van der Waals surface area (Å²) in [6.45, 7) is 1.82. The number of terminal acetylenes is 1. The Bertz CT molecular complexity index is 650. The van der Waals surface area contributed by atoms with Crippen molar-refractivity contribution in [2.75, 3.05) is 0 Å². The van der Waals surface area contributed by atoms with E-state index in [0.29, 0.717) is 5.02 Å². The Hall–Kier alpha value is -1.98. The van der Waals surface area contributed by atoms with Gasteiger partial charge in [-0.05, 0) is 25.1 Å². The van der Waals surface area contributed by atoms with Gasteiger partial charge in [0.15, 0.2) is 0 Å². The molecule has 0 bridgehead atoms. The molecule has 0 unspecified atom stereocenters. The minimum absolute atomic E-state index is 0.195. The molecule has 3 heteroatoms. The van der Waals surface area contributed by atoms with Gasteiger partial charge in [0, 0.05) is 11.4 Å². The second-order valence-electron chi connectivity index (χ2n) is 3.63. The predicted octanol–water partition coefficient (Wildman–Crippen LogP) is 2.78. The van der Waals surface area contributed by atoms with Crippen LogP contribution in [0.1, 0.15) is 11.3 Å². The van der Waals surface area contributed by atoms with Crippen LogP contribution in [0.5, 0.6) is 0 Å². The van der Waals surface area contributed by atoms with E-state index in [4.69, 9.17) is 18.0 Å². The van der Waals surface area contributed by atoms with Crippen molar-refractivity contribution in [3.8, 4) is 18.0 Å². The fraction of sp³-hybridized carbons (Fsp3) is 0.0714. The van der Waals surface area contributed by atoms with Gasteiger partial charge in [0.25, 0.3) is 5.56 Å². The third-order valence-corrected chi connectivity index (χ3v) is 2.80. The highest BCUT2D eigenvalue weighted by molar-refractivity contribution is 6.31. The summed E-state index contributed by atoms with van der Waals surface area (Å²) in [6.07, 6.45) is 5.30. The second kappa shape index (κ2) is 4.48. The first kappa shape index (κ1) is 11.5. The molecule has 0 aliphatic carbocycles. The smallest absolute Gasteiger partial charge is 0.272 e. The maximum absolute atomic E-state index is 12.2. The molecule has 84 valence electrons. The summed E-state index contributed by atoms with van der Waals surface area (Å²) in [4.78, 5) is 12.2. The lowest BCUT2D eigenvalue weighted by Gasteiger charge is -2.11. The van der Waals surface area contributed by atoms with E-state index in [1.807, 2.05) is 37.3 Å². The number of halogens is 1. The lowest BCUT2D eigenvalue weighted by Crippen LogP contribution is -2.23. The molecule has 17 heavy (non-hydrogen) atoms. The summed E-state index contributed by atoms with van der Waals surface area (Å²) in [5, 5.41) is 0.321. The van der Waals surface area contributed by atoms with Crippen LogP contribution in [0.2, 0.25) is 5.02 Å². The molecule has 1 heterocycles. The fourth-order valence-electron chi connectivity index (χ4n) is 1.72. The average Bonchev–Trinajstić information content (AvgIpc) is 2.30. The van der Waals surface area contributed by atoms with Crippen molar-refractivity contribution >= 4 is 11.6 Å². The van der Waals surface area contributed by atoms with E-state index >= 15 is 0 Å². The molecule has 0 fully saturated rings. The number of rotatable bonds is 1. The van der Waals surface area contributed by atoms with Gasteiger partial charge in [-0.25, -0.2) is 0 Å². The van der Waals surface area contributed by atoms with Crippen LogP contribution in [-0.2, 0) is 0 Å². The van der Waals surface area contributed by atoms with Gasteiger partial charge >= 0.3 is 0 Å². The van der Waals surface area contributed by atoms with E-state index in [0.717, 1.165) is 11.4 Å². The maximum Gasteiger partial charge on any atom is 0.272 e. The van der Waals surface area contributed by atoms with Gasteiger partial charge in [-0.2, -0.15) is 0 Å². The SMILES string of the molecule is C#Cc1c(Cl)cc(C)n(-c2ccccc2)c1=O. The molecule has 1 aromatic heterocycles. The molecule has 0 aliphatic heterocycles. The zero-order valence-corrected chi connectivity index (χ0v) is 10.0. The van der Waals surface area contributed by atoms with Crippen LogP contribution < -0.4 is 5.56 Å². The number of aromatic nitrogens is 1. The summed E-state index contributed by atoms with van der Waals surface area (Å²) in [6, 6.07) is 11.0. The molecule has 2 rings (SSSR count). The third-order valence-electron chi connectivity index (χ3n) is 2.50. The average molecular weight is 244 g/mol. The first-order chi connectivity index (χ1) is 8.15. The summed E-state index contributed by atoms with van der Waals surface area (Å²) < 4.78 is 1.56. The molecule has 0 radical (unpaired) electrons. The Morgan fingerprint density at radius 3 is 2.53 bits per heavy atom. The second-order valence-corrected chi connectivity index (χ2v) is 4.04. The first-order valence-corrected chi connectivity index (χ1v) is 5.47. The van der Waals surface area contributed by atoms with Crippen molar-refractivity contribution < 1.29 is 0 Å². The van der Waals surface area contributed by atoms with Gasteiger partial charge in [-0.1, -0.05) is 35.7 Å². The standard InChI is InChI=1S/C14H10ClNO/c1-3-12-13(15)9-10(2)16(14(12)17)11-7-5-4-6-8-11/h1,4-9H,2H3. The third kappa shape index (κ3) is 1.98.